The molecule has 2 aromatic carbocycles. The summed E-state index contributed by atoms with van der Waals surface area (Å²) < 4.78 is 12.6. The van der Waals surface area contributed by atoms with Gasteiger partial charge in [0.1, 0.15) is 18.3 Å². The zero-order valence-electron chi connectivity index (χ0n) is 12.6. The quantitative estimate of drug-likeness (QED) is 0.864. The molecule has 4 heteroatoms. The van der Waals surface area contributed by atoms with Crippen molar-refractivity contribution in [2.75, 3.05) is 6.61 Å². The van der Waals surface area contributed by atoms with Crippen molar-refractivity contribution < 1.29 is 14.6 Å². The minimum atomic E-state index is -0.604. The van der Waals surface area contributed by atoms with E-state index >= 15 is 0 Å². The third kappa shape index (κ3) is 4.52. The highest BCUT2D eigenvalue weighted by atomic mass is 79.9. The molecule has 0 aromatic heterocycles. The molecule has 1 aliphatic heterocycles. The maximum Gasteiger partial charge on any atom is 0.116 e. The topological polar surface area (TPSA) is 38.7 Å². The molecule has 3 nitrogen and oxygen atoms in total. The van der Waals surface area contributed by atoms with Crippen LogP contribution in [0.25, 0.3) is 6.08 Å². The summed E-state index contributed by atoms with van der Waals surface area (Å²) in [7, 11) is 0. The van der Waals surface area contributed by atoms with E-state index in [-0.39, 0.29) is 12.2 Å². The van der Waals surface area contributed by atoms with Crippen molar-refractivity contribution in [3.63, 3.8) is 0 Å². The van der Waals surface area contributed by atoms with Gasteiger partial charge < -0.3 is 14.6 Å². The maximum atomic E-state index is 10.1. The first kappa shape index (κ1) is 16.4. The summed E-state index contributed by atoms with van der Waals surface area (Å²) in [6.07, 6.45) is 2.76. The van der Waals surface area contributed by atoms with Gasteiger partial charge in [-0.2, -0.15) is 0 Å². The van der Waals surface area contributed by atoms with E-state index < -0.39 is 6.10 Å². The van der Waals surface area contributed by atoms with Gasteiger partial charge in [0.2, 0.25) is 0 Å². The molecule has 1 N–H and O–H groups in total. The summed E-state index contributed by atoms with van der Waals surface area (Å²) in [5, 5.41) is 10.1. The monoisotopic (exact) mass is 374 g/mol. The van der Waals surface area contributed by atoms with Gasteiger partial charge in [0.15, 0.2) is 0 Å². The van der Waals surface area contributed by atoms with Crippen molar-refractivity contribution in [1.29, 1.82) is 0 Å². The fourth-order valence-electron chi connectivity index (χ4n) is 2.58. The molecule has 3 atom stereocenters. The van der Waals surface area contributed by atoms with E-state index in [0.717, 1.165) is 15.6 Å². The Hall–Kier alpha value is -1.46. The number of aliphatic hydroxyl groups is 1. The van der Waals surface area contributed by atoms with Crippen molar-refractivity contribution >= 4 is 22.0 Å². The van der Waals surface area contributed by atoms with Crippen LogP contribution < -0.4 is 0 Å². The van der Waals surface area contributed by atoms with Crippen molar-refractivity contribution in [3.8, 4) is 0 Å². The van der Waals surface area contributed by atoms with Crippen LogP contribution in [-0.4, -0.2) is 30.0 Å². The minimum absolute atomic E-state index is 0.239. The SMILES string of the molecule is O[C@@H]1CO[C@@H](/C=C/c2ccccc2)[C@@H]1OCc1cccc(Br)c1. The van der Waals surface area contributed by atoms with Gasteiger partial charge in [0, 0.05) is 4.47 Å². The van der Waals surface area contributed by atoms with Crippen molar-refractivity contribution in [3.05, 3.63) is 76.3 Å². The fraction of sp³-hybridized carbons (Fsp3) is 0.263. The van der Waals surface area contributed by atoms with Crippen LogP contribution in [0.15, 0.2) is 65.1 Å². The van der Waals surface area contributed by atoms with Crippen LogP contribution in [0, 0.1) is 0 Å². The lowest BCUT2D eigenvalue weighted by atomic mass is 10.1. The molecule has 0 bridgehead atoms. The Labute approximate surface area is 144 Å². The van der Waals surface area contributed by atoms with E-state index in [9.17, 15) is 5.11 Å². The smallest absolute Gasteiger partial charge is 0.116 e. The highest BCUT2D eigenvalue weighted by molar-refractivity contribution is 9.10. The molecular formula is C19H19BrO3. The van der Waals surface area contributed by atoms with Gasteiger partial charge in [-0.25, -0.2) is 0 Å². The zero-order valence-corrected chi connectivity index (χ0v) is 14.2. The molecule has 1 heterocycles. The normalized spacial score (nSPS) is 24.3. The number of rotatable bonds is 5. The van der Waals surface area contributed by atoms with Crippen molar-refractivity contribution in [1.82, 2.24) is 0 Å². The molecular weight excluding hydrogens is 356 g/mol. The Morgan fingerprint density at radius 1 is 1.17 bits per heavy atom. The number of aliphatic hydroxyl groups excluding tert-OH is 1. The summed E-state index contributed by atoms with van der Waals surface area (Å²) in [6.45, 7) is 0.743. The summed E-state index contributed by atoms with van der Waals surface area (Å²) in [5.41, 5.74) is 2.16. The Morgan fingerprint density at radius 3 is 2.78 bits per heavy atom. The highest BCUT2D eigenvalue weighted by Crippen LogP contribution is 2.22. The van der Waals surface area contributed by atoms with Gasteiger partial charge >= 0.3 is 0 Å². The van der Waals surface area contributed by atoms with E-state index in [0.29, 0.717) is 13.2 Å². The fourth-order valence-corrected chi connectivity index (χ4v) is 3.03. The highest BCUT2D eigenvalue weighted by Gasteiger charge is 2.35. The molecule has 0 aliphatic carbocycles. The molecule has 0 unspecified atom stereocenters. The van der Waals surface area contributed by atoms with Crippen molar-refractivity contribution in [2.24, 2.45) is 0 Å². The Kier molecular flexibility index (Phi) is 5.62. The van der Waals surface area contributed by atoms with E-state index in [4.69, 9.17) is 9.47 Å². The number of ether oxygens (including phenoxy) is 2. The van der Waals surface area contributed by atoms with Crippen LogP contribution in [0.4, 0.5) is 0 Å². The van der Waals surface area contributed by atoms with Crippen molar-refractivity contribution in [2.45, 2.75) is 24.9 Å². The largest absolute Gasteiger partial charge is 0.388 e. The maximum absolute atomic E-state index is 10.1. The van der Waals surface area contributed by atoms with Crippen LogP contribution in [0.5, 0.6) is 0 Å². The number of halogens is 1. The first-order valence-corrected chi connectivity index (χ1v) is 8.40. The standard InChI is InChI=1S/C19H19BrO3/c20-16-8-4-7-15(11-16)12-23-19-17(21)13-22-18(19)10-9-14-5-2-1-3-6-14/h1-11,17-19,21H,12-13H2/b10-9+/t17-,18+,19-/m1/s1. The zero-order chi connectivity index (χ0) is 16.1. The molecule has 23 heavy (non-hydrogen) atoms. The lowest BCUT2D eigenvalue weighted by Gasteiger charge is -2.19. The molecule has 0 spiro atoms. The number of hydrogen-bond donors (Lipinski definition) is 1. The Morgan fingerprint density at radius 2 is 2.00 bits per heavy atom. The Balaban J connectivity index is 1.63. The second-order valence-electron chi connectivity index (χ2n) is 5.54. The van der Waals surface area contributed by atoms with E-state index in [1.54, 1.807) is 0 Å². The van der Waals surface area contributed by atoms with Crippen LogP contribution >= 0.6 is 15.9 Å². The average Bonchev–Trinajstić information content (AvgIpc) is 2.92. The molecule has 0 amide bonds. The van der Waals surface area contributed by atoms with E-state index in [1.807, 2.05) is 66.7 Å². The summed E-state index contributed by atoms with van der Waals surface area (Å²) in [4.78, 5) is 0. The van der Waals surface area contributed by atoms with Crippen LogP contribution in [0.3, 0.4) is 0 Å². The lowest BCUT2D eigenvalue weighted by Crippen LogP contribution is -2.32. The van der Waals surface area contributed by atoms with Crippen LogP contribution in [0.1, 0.15) is 11.1 Å². The van der Waals surface area contributed by atoms with E-state index in [1.165, 1.54) is 0 Å². The molecule has 0 radical (unpaired) electrons. The van der Waals surface area contributed by atoms with Gasteiger partial charge in [-0.15, -0.1) is 0 Å². The third-order valence-corrected chi connectivity index (χ3v) is 4.27. The summed E-state index contributed by atoms with van der Waals surface area (Å²) in [5.74, 6) is 0. The molecule has 120 valence electrons. The van der Waals surface area contributed by atoms with E-state index in [2.05, 4.69) is 15.9 Å². The first-order chi connectivity index (χ1) is 11.2. The molecule has 3 rings (SSSR count). The number of benzene rings is 2. The predicted octanol–water partition coefficient (Wildman–Crippen LogP) is 3.81. The second-order valence-corrected chi connectivity index (χ2v) is 6.46. The number of hydrogen-bond acceptors (Lipinski definition) is 3. The summed E-state index contributed by atoms with van der Waals surface area (Å²) in [6, 6.07) is 18.0. The first-order valence-electron chi connectivity index (χ1n) is 7.61. The Bertz CT molecular complexity index is 657. The van der Waals surface area contributed by atoms with Gasteiger partial charge in [-0.05, 0) is 23.3 Å². The molecule has 1 aliphatic rings. The molecule has 0 saturated carbocycles. The predicted molar refractivity (Wildman–Crippen MR) is 93.9 cm³/mol. The molecule has 2 aromatic rings. The summed E-state index contributed by atoms with van der Waals surface area (Å²) >= 11 is 3.45. The van der Waals surface area contributed by atoms with Crippen LogP contribution in [-0.2, 0) is 16.1 Å². The average molecular weight is 375 g/mol. The minimum Gasteiger partial charge on any atom is -0.388 e. The second kappa shape index (κ2) is 7.88. The van der Waals surface area contributed by atoms with Gasteiger partial charge in [-0.3, -0.25) is 0 Å². The van der Waals surface area contributed by atoms with Crippen LogP contribution in [0.2, 0.25) is 0 Å². The van der Waals surface area contributed by atoms with Gasteiger partial charge in [0.05, 0.1) is 13.2 Å². The van der Waals surface area contributed by atoms with Gasteiger partial charge in [-0.1, -0.05) is 70.5 Å². The molecule has 1 fully saturated rings. The van der Waals surface area contributed by atoms with Gasteiger partial charge in [0.25, 0.3) is 0 Å². The third-order valence-electron chi connectivity index (χ3n) is 3.77. The lowest BCUT2D eigenvalue weighted by molar-refractivity contribution is -0.0336. The molecule has 1 saturated heterocycles.